The molecule has 0 spiro atoms. The second-order valence-electron chi connectivity index (χ2n) is 8.27. The predicted molar refractivity (Wildman–Crippen MR) is 135 cm³/mol. The van der Waals surface area contributed by atoms with Gasteiger partial charge in [0.15, 0.2) is 0 Å². The fraction of sp³-hybridized carbons (Fsp3) is 0.0741. The molecule has 34 heavy (non-hydrogen) atoms. The van der Waals surface area contributed by atoms with Crippen LogP contribution in [0, 0.1) is 6.92 Å². The number of hydrogen-bond donors (Lipinski definition) is 2. The van der Waals surface area contributed by atoms with Gasteiger partial charge in [0.05, 0.1) is 11.4 Å². The van der Waals surface area contributed by atoms with Crippen molar-refractivity contribution in [2.24, 2.45) is 5.11 Å². The molecule has 164 valence electrons. The summed E-state index contributed by atoms with van der Waals surface area (Å²) in [6.45, 7) is 1.97. The van der Waals surface area contributed by atoms with Gasteiger partial charge in [0.25, 0.3) is 0 Å². The van der Waals surface area contributed by atoms with E-state index in [2.05, 4.69) is 56.7 Å². The SMILES string of the molecule is Cc1nn(-c2ccccc2)c(N=[N+]=[N-])c1C(c1c[nH]c2ccccc12)c1c[nH]c2ccccc12. The lowest BCUT2D eigenvalue weighted by Crippen LogP contribution is -2.04. The Morgan fingerprint density at radius 1 is 0.824 bits per heavy atom. The van der Waals surface area contributed by atoms with Gasteiger partial charge in [0, 0.05) is 50.6 Å². The van der Waals surface area contributed by atoms with E-state index in [0.29, 0.717) is 5.82 Å². The number of rotatable bonds is 5. The highest BCUT2D eigenvalue weighted by atomic mass is 15.4. The van der Waals surface area contributed by atoms with Crippen molar-refractivity contribution >= 4 is 27.6 Å². The number of fused-ring (bicyclic) bond motifs is 2. The molecule has 0 aliphatic heterocycles. The van der Waals surface area contributed by atoms with Crippen molar-refractivity contribution in [3.8, 4) is 5.69 Å². The van der Waals surface area contributed by atoms with Gasteiger partial charge in [-0.15, -0.1) is 0 Å². The second kappa shape index (κ2) is 7.99. The van der Waals surface area contributed by atoms with Crippen LogP contribution in [-0.4, -0.2) is 19.7 Å². The second-order valence-corrected chi connectivity index (χ2v) is 8.27. The summed E-state index contributed by atoms with van der Waals surface area (Å²) in [7, 11) is 0. The normalized spacial score (nSPS) is 11.4. The number of para-hydroxylation sites is 3. The van der Waals surface area contributed by atoms with E-state index in [9.17, 15) is 5.53 Å². The van der Waals surface area contributed by atoms with Gasteiger partial charge in [-0.25, -0.2) is 4.68 Å². The third-order valence-corrected chi connectivity index (χ3v) is 6.37. The highest BCUT2D eigenvalue weighted by Crippen LogP contribution is 2.44. The summed E-state index contributed by atoms with van der Waals surface area (Å²) in [4.78, 5) is 10.0. The summed E-state index contributed by atoms with van der Waals surface area (Å²) in [5.41, 5.74) is 16.4. The number of nitrogens with zero attached hydrogens (tertiary/aromatic N) is 5. The molecule has 6 rings (SSSR count). The van der Waals surface area contributed by atoms with E-state index in [1.54, 1.807) is 4.68 Å². The van der Waals surface area contributed by atoms with E-state index in [1.807, 2.05) is 61.5 Å². The molecule has 0 radical (unpaired) electrons. The van der Waals surface area contributed by atoms with Crippen LogP contribution in [0.1, 0.15) is 28.3 Å². The van der Waals surface area contributed by atoms with E-state index >= 15 is 0 Å². The quantitative estimate of drug-likeness (QED) is 0.163. The summed E-state index contributed by atoms with van der Waals surface area (Å²) >= 11 is 0. The molecule has 0 bridgehead atoms. The number of hydrogen-bond acceptors (Lipinski definition) is 2. The summed E-state index contributed by atoms with van der Waals surface area (Å²) in [5, 5.41) is 11.2. The average Bonchev–Trinajstić information content (AvgIpc) is 3.58. The molecule has 0 fully saturated rings. The molecule has 3 aromatic carbocycles. The minimum atomic E-state index is -0.203. The van der Waals surface area contributed by atoms with Crippen LogP contribution < -0.4 is 0 Å². The topological polar surface area (TPSA) is 98.2 Å². The summed E-state index contributed by atoms with van der Waals surface area (Å²) in [5.74, 6) is 0.289. The fourth-order valence-corrected chi connectivity index (χ4v) is 4.90. The van der Waals surface area contributed by atoms with E-state index < -0.39 is 0 Å². The van der Waals surface area contributed by atoms with Gasteiger partial charge in [-0.05, 0) is 53.0 Å². The predicted octanol–water partition coefficient (Wildman–Crippen LogP) is 7.27. The third kappa shape index (κ3) is 3.07. The largest absolute Gasteiger partial charge is 0.361 e. The molecule has 0 saturated heterocycles. The number of aromatic amines is 2. The van der Waals surface area contributed by atoms with Crippen LogP contribution in [0.5, 0.6) is 0 Å². The van der Waals surface area contributed by atoms with Crippen molar-refractivity contribution in [1.82, 2.24) is 19.7 Å². The van der Waals surface area contributed by atoms with Crippen LogP contribution in [0.3, 0.4) is 0 Å². The number of azide groups is 1. The summed E-state index contributed by atoms with van der Waals surface area (Å²) in [6, 6.07) is 26.3. The van der Waals surface area contributed by atoms with Crippen LogP contribution in [0.2, 0.25) is 0 Å². The molecule has 0 aliphatic rings. The Kier molecular flexibility index (Phi) is 4.68. The van der Waals surface area contributed by atoms with Crippen LogP contribution in [0.4, 0.5) is 5.82 Å². The Labute approximate surface area is 195 Å². The molecule has 7 nitrogen and oxygen atoms in total. The van der Waals surface area contributed by atoms with Crippen molar-refractivity contribution in [3.63, 3.8) is 0 Å². The molecule has 2 N–H and O–H groups in total. The third-order valence-electron chi connectivity index (χ3n) is 6.37. The first-order chi connectivity index (χ1) is 16.8. The van der Waals surface area contributed by atoms with Crippen molar-refractivity contribution in [2.45, 2.75) is 12.8 Å². The molecule has 6 aromatic rings. The molecule has 7 heteroatoms. The van der Waals surface area contributed by atoms with E-state index in [0.717, 1.165) is 49.9 Å². The number of benzene rings is 3. The molecule has 0 saturated carbocycles. The van der Waals surface area contributed by atoms with E-state index in [4.69, 9.17) is 5.10 Å². The van der Waals surface area contributed by atoms with Crippen molar-refractivity contribution in [1.29, 1.82) is 0 Å². The zero-order valence-electron chi connectivity index (χ0n) is 18.5. The maximum absolute atomic E-state index is 9.52. The van der Waals surface area contributed by atoms with E-state index in [1.165, 1.54) is 0 Å². The Morgan fingerprint density at radius 2 is 1.38 bits per heavy atom. The first-order valence-electron chi connectivity index (χ1n) is 11.1. The molecule has 3 heterocycles. The fourth-order valence-electron chi connectivity index (χ4n) is 4.90. The molecule has 0 atom stereocenters. The van der Waals surface area contributed by atoms with E-state index in [-0.39, 0.29) is 5.92 Å². The van der Waals surface area contributed by atoms with Gasteiger partial charge in [-0.2, -0.15) is 5.10 Å². The average molecular weight is 444 g/mol. The molecule has 0 aliphatic carbocycles. The maximum Gasteiger partial charge on any atom is 0.135 e. The minimum absolute atomic E-state index is 0.203. The van der Waals surface area contributed by atoms with Crippen molar-refractivity contribution in [3.05, 3.63) is 124 Å². The highest BCUT2D eigenvalue weighted by molar-refractivity contribution is 5.89. The number of H-pyrrole nitrogens is 2. The Bertz CT molecular complexity index is 1610. The highest BCUT2D eigenvalue weighted by Gasteiger charge is 2.30. The smallest absolute Gasteiger partial charge is 0.135 e. The maximum atomic E-state index is 9.52. The van der Waals surface area contributed by atoms with Crippen molar-refractivity contribution in [2.75, 3.05) is 0 Å². The molecule has 0 amide bonds. The van der Waals surface area contributed by atoms with Crippen molar-refractivity contribution < 1.29 is 0 Å². The van der Waals surface area contributed by atoms with Gasteiger partial charge in [-0.3, -0.25) is 0 Å². The van der Waals surface area contributed by atoms with Crippen LogP contribution in [0.25, 0.3) is 37.9 Å². The minimum Gasteiger partial charge on any atom is -0.361 e. The van der Waals surface area contributed by atoms with Gasteiger partial charge >= 0.3 is 0 Å². The first-order valence-corrected chi connectivity index (χ1v) is 11.1. The lowest BCUT2D eigenvalue weighted by atomic mass is 9.84. The Hall–Kier alpha value is -4.74. The Morgan fingerprint density at radius 3 is 1.97 bits per heavy atom. The number of aromatic nitrogens is 4. The molecular weight excluding hydrogens is 422 g/mol. The van der Waals surface area contributed by atoms with Crippen LogP contribution >= 0.6 is 0 Å². The van der Waals surface area contributed by atoms with Gasteiger partial charge in [-0.1, -0.05) is 54.6 Å². The van der Waals surface area contributed by atoms with Gasteiger partial charge in [0.1, 0.15) is 5.82 Å². The zero-order chi connectivity index (χ0) is 23.1. The standard InChI is InChI=1S/C27H21N7/c1-17-25(27(31-33-28)34(32-17)18-9-3-2-4-10-18)26(21-15-29-23-13-7-5-11-19(21)23)22-16-30-24-14-8-6-12-20(22)24/h2-16,26,29-30H,1H3. The summed E-state index contributed by atoms with van der Waals surface area (Å²) < 4.78 is 1.74. The van der Waals surface area contributed by atoms with Crippen LogP contribution in [0.15, 0.2) is 96.4 Å². The number of aryl methyl sites for hydroxylation is 1. The molecular formula is C27H21N7. The monoisotopic (exact) mass is 443 g/mol. The lowest BCUT2D eigenvalue weighted by molar-refractivity contribution is 0.861. The molecule has 3 aromatic heterocycles. The molecule has 0 unspecified atom stereocenters. The summed E-state index contributed by atoms with van der Waals surface area (Å²) in [6.07, 6.45) is 4.10. The van der Waals surface area contributed by atoms with Gasteiger partial charge < -0.3 is 9.97 Å². The zero-order valence-corrected chi connectivity index (χ0v) is 18.5. The first kappa shape index (κ1) is 19.9. The van der Waals surface area contributed by atoms with Crippen LogP contribution in [-0.2, 0) is 0 Å². The number of nitrogens with one attached hydrogen (secondary N) is 2. The van der Waals surface area contributed by atoms with Gasteiger partial charge in [0.2, 0.25) is 0 Å². The Balaban J connectivity index is 1.70. The lowest BCUT2D eigenvalue weighted by Gasteiger charge is -2.18.